The van der Waals surface area contributed by atoms with E-state index in [1.807, 2.05) is 18.2 Å². The van der Waals surface area contributed by atoms with Gasteiger partial charge in [-0.3, -0.25) is 4.98 Å². The third kappa shape index (κ3) is 5.07. The predicted molar refractivity (Wildman–Crippen MR) is 144 cm³/mol. The first-order chi connectivity index (χ1) is 17.2. The Balaban J connectivity index is 1.37. The van der Waals surface area contributed by atoms with Crippen molar-refractivity contribution in [1.29, 1.82) is 0 Å². The SMILES string of the molecule is O=S(=O)(c1c(Cl)cc(Cl)cc1Cl)N1CCC(c2cc(NCc3cccnc3)n3ncc(Br)c3n2)CC1. The lowest BCUT2D eigenvalue weighted by Crippen LogP contribution is -2.38. The summed E-state index contributed by atoms with van der Waals surface area (Å²) in [6.45, 7) is 1.20. The molecule has 4 heterocycles. The Morgan fingerprint density at radius 1 is 1.08 bits per heavy atom. The molecule has 4 aromatic rings. The van der Waals surface area contributed by atoms with Crippen LogP contribution in [0.25, 0.3) is 5.65 Å². The smallest absolute Gasteiger partial charge is 0.246 e. The summed E-state index contributed by atoms with van der Waals surface area (Å²) in [6, 6.07) is 8.63. The van der Waals surface area contributed by atoms with Crippen molar-refractivity contribution in [2.75, 3.05) is 18.4 Å². The van der Waals surface area contributed by atoms with Crippen molar-refractivity contribution in [3.05, 3.63) is 79.7 Å². The van der Waals surface area contributed by atoms with Crippen LogP contribution in [0.3, 0.4) is 0 Å². The first-order valence-corrected chi connectivity index (χ1v) is 14.4. The van der Waals surface area contributed by atoms with E-state index < -0.39 is 10.0 Å². The molecule has 0 bridgehead atoms. The molecule has 1 aromatic carbocycles. The highest BCUT2D eigenvalue weighted by Crippen LogP contribution is 2.37. The predicted octanol–water partition coefficient (Wildman–Crippen LogP) is 6.03. The van der Waals surface area contributed by atoms with E-state index in [9.17, 15) is 8.42 Å². The molecule has 1 N–H and O–H groups in total. The Hall–Kier alpha value is -1.95. The maximum Gasteiger partial charge on any atom is 0.246 e. The lowest BCUT2D eigenvalue weighted by atomic mass is 9.94. The highest BCUT2D eigenvalue weighted by atomic mass is 79.9. The number of rotatable bonds is 6. The van der Waals surface area contributed by atoms with Gasteiger partial charge in [0.15, 0.2) is 5.65 Å². The Labute approximate surface area is 231 Å². The summed E-state index contributed by atoms with van der Waals surface area (Å²) < 4.78 is 30.6. The molecule has 36 heavy (non-hydrogen) atoms. The zero-order valence-electron chi connectivity index (χ0n) is 18.7. The van der Waals surface area contributed by atoms with Gasteiger partial charge in [-0.05, 0) is 52.5 Å². The highest BCUT2D eigenvalue weighted by molar-refractivity contribution is 9.10. The van der Waals surface area contributed by atoms with Gasteiger partial charge in [-0.15, -0.1) is 0 Å². The van der Waals surface area contributed by atoms with E-state index in [1.54, 1.807) is 23.1 Å². The minimum absolute atomic E-state index is 0.0108. The molecule has 13 heteroatoms. The van der Waals surface area contributed by atoms with E-state index >= 15 is 0 Å². The number of nitrogens with zero attached hydrogens (tertiary/aromatic N) is 5. The molecule has 0 radical (unpaired) electrons. The largest absolute Gasteiger partial charge is 0.366 e. The molecule has 0 saturated carbocycles. The summed E-state index contributed by atoms with van der Waals surface area (Å²) in [5, 5.41) is 8.15. The number of piperidine rings is 1. The van der Waals surface area contributed by atoms with Crippen molar-refractivity contribution >= 4 is 72.2 Å². The van der Waals surface area contributed by atoms with Crippen LogP contribution >= 0.6 is 50.7 Å². The molecule has 1 aliphatic heterocycles. The lowest BCUT2D eigenvalue weighted by molar-refractivity contribution is 0.317. The molecule has 0 amide bonds. The van der Waals surface area contributed by atoms with Crippen molar-refractivity contribution in [3.63, 3.8) is 0 Å². The van der Waals surface area contributed by atoms with E-state index in [0.717, 1.165) is 21.5 Å². The summed E-state index contributed by atoms with van der Waals surface area (Å²) in [4.78, 5) is 8.88. The minimum atomic E-state index is -3.88. The maximum atomic E-state index is 13.3. The zero-order chi connectivity index (χ0) is 25.4. The molecular weight excluding hydrogens is 611 g/mol. The highest BCUT2D eigenvalue weighted by Gasteiger charge is 2.34. The quantitative estimate of drug-likeness (QED) is 0.280. The fraction of sp³-hybridized carbons (Fsp3) is 0.261. The lowest BCUT2D eigenvalue weighted by Gasteiger charge is -2.31. The van der Waals surface area contributed by atoms with Gasteiger partial charge in [-0.2, -0.15) is 13.9 Å². The first kappa shape index (κ1) is 25.7. The standard InChI is InChI=1S/C23H20BrCl3N6O2S/c24-17-13-30-33-21(29-12-14-2-1-5-28-11-14)10-20(31-23(17)33)15-3-6-32(7-4-15)36(34,35)22-18(26)8-16(25)9-19(22)27/h1-2,5,8-11,13,15,29H,3-4,6-7,12H2. The van der Waals surface area contributed by atoms with Gasteiger partial charge in [0, 0.05) is 54.7 Å². The molecular formula is C23H20BrCl3N6O2S. The summed E-state index contributed by atoms with van der Waals surface area (Å²) in [6.07, 6.45) is 6.44. The van der Waals surface area contributed by atoms with E-state index in [2.05, 4.69) is 31.3 Å². The van der Waals surface area contributed by atoms with Crippen LogP contribution in [0, 0.1) is 0 Å². The molecule has 0 unspecified atom stereocenters. The number of halogens is 4. The second kappa shape index (κ2) is 10.4. The van der Waals surface area contributed by atoms with Crippen LogP contribution in [0.1, 0.15) is 30.0 Å². The number of nitrogens with one attached hydrogen (secondary N) is 1. The van der Waals surface area contributed by atoms with Crippen LogP contribution in [0.2, 0.25) is 15.1 Å². The molecule has 188 valence electrons. The molecule has 5 rings (SSSR count). The van der Waals surface area contributed by atoms with Gasteiger partial charge in [-0.25, -0.2) is 13.4 Å². The Morgan fingerprint density at radius 2 is 1.81 bits per heavy atom. The Kier molecular flexibility index (Phi) is 7.44. The summed E-state index contributed by atoms with van der Waals surface area (Å²) in [5.41, 5.74) is 2.60. The number of hydrogen-bond acceptors (Lipinski definition) is 6. The van der Waals surface area contributed by atoms with Crippen LogP contribution in [-0.4, -0.2) is 45.4 Å². The summed E-state index contributed by atoms with van der Waals surface area (Å²) in [5.74, 6) is 0.859. The average Bonchev–Trinajstić information content (AvgIpc) is 3.23. The van der Waals surface area contributed by atoms with Gasteiger partial charge in [0.25, 0.3) is 0 Å². The molecule has 8 nitrogen and oxygen atoms in total. The minimum Gasteiger partial charge on any atom is -0.366 e. The number of sulfonamides is 1. The van der Waals surface area contributed by atoms with Crippen LogP contribution in [0.5, 0.6) is 0 Å². The summed E-state index contributed by atoms with van der Waals surface area (Å²) in [7, 11) is -3.88. The third-order valence-corrected chi connectivity index (χ3v) is 9.68. The number of hydrogen-bond donors (Lipinski definition) is 1. The van der Waals surface area contributed by atoms with Crippen molar-refractivity contribution < 1.29 is 8.42 Å². The first-order valence-electron chi connectivity index (χ1n) is 11.1. The van der Waals surface area contributed by atoms with E-state index in [0.29, 0.717) is 38.1 Å². The van der Waals surface area contributed by atoms with E-state index in [1.165, 1.54) is 16.4 Å². The van der Waals surface area contributed by atoms with Crippen molar-refractivity contribution in [2.24, 2.45) is 0 Å². The van der Waals surface area contributed by atoms with Crippen LogP contribution in [0.4, 0.5) is 5.82 Å². The van der Waals surface area contributed by atoms with Gasteiger partial charge in [0.1, 0.15) is 10.7 Å². The Bertz CT molecular complexity index is 1500. The van der Waals surface area contributed by atoms with E-state index in [4.69, 9.17) is 39.8 Å². The zero-order valence-corrected chi connectivity index (χ0v) is 23.4. The number of aromatic nitrogens is 4. The monoisotopic (exact) mass is 628 g/mol. The molecule has 0 aliphatic carbocycles. The van der Waals surface area contributed by atoms with Crippen molar-refractivity contribution in [2.45, 2.75) is 30.2 Å². The maximum absolute atomic E-state index is 13.3. The second-order valence-electron chi connectivity index (χ2n) is 8.39. The van der Waals surface area contributed by atoms with Crippen LogP contribution in [0.15, 0.2) is 58.3 Å². The molecule has 3 aromatic heterocycles. The fourth-order valence-electron chi connectivity index (χ4n) is 4.28. The number of benzene rings is 1. The molecule has 0 spiro atoms. The molecule has 0 atom stereocenters. The average molecular weight is 631 g/mol. The van der Waals surface area contributed by atoms with Crippen molar-refractivity contribution in [1.82, 2.24) is 23.9 Å². The Morgan fingerprint density at radius 3 is 2.47 bits per heavy atom. The molecule has 1 aliphatic rings. The van der Waals surface area contributed by atoms with Gasteiger partial charge in [0.2, 0.25) is 10.0 Å². The van der Waals surface area contributed by atoms with E-state index in [-0.39, 0.29) is 25.9 Å². The van der Waals surface area contributed by atoms with Gasteiger partial charge in [-0.1, -0.05) is 40.9 Å². The van der Waals surface area contributed by atoms with Crippen LogP contribution < -0.4 is 5.32 Å². The third-order valence-electron chi connectivity index (χ3n) is 6.08. The topological polar surface area (TPSA) is 92.5 Å². The van der Waals surface area contributed by atoms with Gasteiger partial charge < -0.3 is 5.32 Å². The van der Waals surface area contributed by atoms with Gasteiger partial charge >= 0.3 is 0 Å². The fourth-order valence-corrected chi connectivity index (χ4v) is 7.59. The van der Waals surface area contributed by atoms with Gasteiger partial charge in [0.05, 0.1) is 20.7 Å². The normalized spacial score (nSPS) is 15.4. The second-order valence-corrected chi connectivity index (χ2v) is 12.4. The summed E-state index contributed by atoms with van der Waals surface area (Å²) >= 11 is 21.9. The number of fused-ring (bicyclic) bond motifs is 1. The van der Waals surface area contributed by atoms with Crippen LogP contribution in [-0.2, 0) is 16.6 Å². The number of anilines is 1. The number of pyridine rings is 1. The molecule has 1 fully saturated rings. The van der Waals surface area contributed by atoms with Crippen molar-refractivity contribution in [3.8, 4) is 0 Å². The molecule has 1 saturated heterocycles.